The van der Waals surface area contributed by atoms with Crippen LogP contribution in [0.5, 0.6) is 0 Å². The van der Waals surface area contributed by atoms with Crippen LogP contribution in [0, 0.1) is 12.7 Å². The Morgan fingerprint density at radius 3 is 3.00 bits per heavy atom. The Morgan fingerprint density at radius 1 is 1.44 bits per heavy atom. The Kier molecular flexibility index (Phi) is 3.01. The lowest BCUT2D eigenvalue weighted by atomic mass is 10.1. The molecule has 2 aromatic rings. The van der Waals surface area contributed by atoms with Crippen LogP contribution in [0.2, 0.25) is 0 Å². The van der Waals surface area contributed by atoms with E-state index in [1.54, 1.807) is 19.2 Å². The van der Waals surface area contributed by atoms with Crippen molar-refractivity contribution in [2.45, 2.75) is 13.3 Å². The topological polar surface area (TPSA) is 54.7 Å². The van der Waals surface area contributed by atoms with Crippen LogP contribution in [-0.2, 0) is 6.42 Å². The predicted octanol–water partition coefficient (Wildman–Crippen LogP) is 2.03. The molecular formula is C12H14FN3. The summed E-state index contributed by atoms with van der Waals surface area (Å²) in [4.78, 5) is 7.37. The van der Waals surface area contributed by atoms with Crippen molar-refractivity contribution in [1.29, 1.82) is 0 Å². The van der Waals surface area contributed by atoms with Crippen LogP contribution in [0.4, 0.5) is 4.39 Å². The van der Waals surface area contributed by atoms with Crippen molar-refractivity contribution in [1.82, 2.24) is 9.97 Å². The van der Waals surface area contributed by atoms with Gasteiger partial charge < -0.3 is 10.7 Å². The van der Waals surface area contributed by atoms with Gasteiger partial charge in [0, 0.05) is 23.9 Å². The van der Waals surface area contributed by atoms with Crippen LogP contribution in [0.1, 0.15) is 11.3 Å². The third-order valence-electron chi connectivity index (χ3n) is 2.56. The van der Waals surface area contributed by atoms with Gasteiger partial charge in [0.25, 0.3) is 0 Å². The molecule has 3 N–H and O–H groups in total. The van der Waals surface area contributed by atoms with E-state index in [-0.39, 0.29) is 5.82 Å². The molecule has 0 saturated heterocycles. The molecule has 1 aromatic heterocycles. The van der Waals surface area contributed by atoms with E-state index in [9.17, 15) is 4.39 Å². The standard InChI is InChI=1S/C12H14FN3/c1-8-10(3-2-4-11(8)13)12-15-7-9(16-12)5-6-14/h2-4,7H,5-6,14H2,1H3,(H,15,16). The third kappa shape index (κ3) is 1.97. The number of hydrogen-bond acceptors (Lipinski definition) is 2. The number of nitrogens with zero attached hydrogens (tertiary/aromatic N) is 1. The highest BCUT2D eigenvalue weighted by Crippen LogP contribution is 2.22. The van der Waals surface area contributed by atoms with Crippen molar-refractivity contribution < 1.29 is 4.39 Å². The molecule has 0 aliphatic rings. The maximum Gasteiger partial charge on any atom is 0.137 e. The quantitative estimate of drug-likeness (QED) is 0.829. The van der Waals surface area contributed by atoms with Gasteiger partial charge in [-0.3, -0.25) is 0 Å². The van der Waals surface area contributed by atoms with E-state index in [1.807, 2.05) is 6.07 Å². The zero-order chi connectivity index (χ0) is 11.5. The predicted molar refractivity (Wildman–Crippen MR) is 61.5 cm³/mol. The van der Waals surface area contributed by atoms with E-state index in [4.69, 9.17) is 5.73 Å². The first-order chi connectivity index (χ1) is 7.72. The first-order valence-electron chi connectivity index (χ1n) is 5.22. The highest BCUT2D eigenvalue weighted by molar-refractivity contribution is 5.60. The number of benzene rings is 1. The van der Waals surface area contributed by atoms with Crippen molar-refractivity contribution in [3.05, 3.63) is 41.5 Å². The molecule has 0 radical (unpaired) electrons. The number of aromatic nitrogens is 2. The molecule has 0 unspecified atom stereocenters. The average Bonchev–Trinajstić information content (AvgIpc) is 2.71. The molecule has 0 spiro atoms. The molecule has 2 rings (SSSR count). The Labute approximate surface area is 93.5 Å². The monoisotopic (exact) mass is 219 g/mol. The number of aromatic amines is 1. The normalized spacial score (nSPS) is 10.7. The van der Waals surface area contributed by atoms with Gasteiger partial charge >= 0.3 is 0 Å². The summed E-state index contributed by atoms with van der Waals surface area (Å²) in [7, 11) is 0. The molecule has 0 atom stereocenters. The lowest BCUT2D eigenvalue weighted by Gasteiger charge is -2.03. The van der Waals surface area contributed by atoms with Crippen molar-refractivity contribution in [3.63, 3.8) is 0 Å². The number of H-pyrrole nitrogens is 1. The van der Waals surface area contributed by atoms with Gasteiger partial charge in [-0.25, -0.2) is 9.37 Å². The minimum absolute atomic E-state index is 0.214. The summed E-state index contributed by atoms with van der Waals surface area (Å²) < 4.78 is 13.4. The van der Waals surface area contributed by atoms with Crippen LogP contribution >= 0.6 is 0 Å². The van der Waals surface area contributed by atoms with Crippen LogP contribution < -0.4 is 5.73 Å². The summed E-state index contributed by atoms with van der Waals surface area (Å²) in [6, 6.07) is 4.98. The molecule has 84 valence electrons. The van der Waals surface area contributed by atoms with Gasteiger partial charge in [0.15, 0.2) is 0 Å². The number of halogens is 1. The minimum atomic E-state index is -0.214. The van der Waals surface area contributed by atoms with Crippen molar-refractivity contribution >= 4 is 0 Å². The van der Waals surface area contributed by atoms with Gasteiger partial charge in [0.05, 0.1) is 0 Å². The van der Waals surface area contributed by atoms with Crippen molar-refractivity contribution in [2.24, 2.45) is 5.73 Å². The number of nitrogens with two attached hydrogens (primary N) is 1. The Balaban J connectivity index is 2.39. The van der Waals surface area contributed by atoms with Crippen LogP contribution in [-0.4, -0.2) is 16.5 Å². The van der Waals surface area contributed by atoms with Crippen molar-refractivity contribution in [3.8, 4) is 11.4 Å². The fourth-order valence-corrected chi connectivity index (χ4v) is 1.64. The fraction of sp³-hybridized carbons (Fsp3) is 0.250. The first-order valence-corrected chi connectivity index (χ1v) is 5.22. The molecular weight excluding hydrogens is 205 g/mol. The molecule has 0 fully saturated rings. The third-order valence-corrected chi connectivity index (χ3v) is 2.56. The SMILES string of the molecule is Cc1c(F)cccc1-c1ncc(CCN)[nH]1. The van der Waals surface area contributed by atoms with Crippen LogP contribution in [0.25, 0.3) is 11.4 Å². The largest absolute Gasteiger partial charge is 0.342 e. The summed E-state index contributed by atoms with van der Waals surface area (Å²) in [6.07, 6.45) is 2.49. The fourth-order valence-electron chi connectivity index (χ4n) is 1.64. The van der Waals surface area contributed by atoms with Gasteiger partial charge in [-0.05, 0) is 25.1 Å². The molecule has 1 aromatic carbocycles. The second kappa shape index (κ2) is 4.45. The molecule has 16 heavy (non-hydrogen) atoms. The van der Waals surface area contributed by atoms with E-state index >= 15 is 0 Å². The Bertz CT molecular complexity index is 491. The molecule has 1 heterocycles. The molecule has 0 aliphatic heterocycles. The molecule has 4 heteroatoms. The maximum absolute atomic E-state index is 13.4. The maximum atomic E-state index is 13.4. The molecule has 3 nitrogen and oxygen atoms in total. The van der Waals surface area contributed by atoms with Crippen LogP contribution in [0.15, 0.2) is 24.4 Å². The first kappa shape index (κ1) is 10.8. The summed E-state index contributed by atoms with van der Waals surface area (Å²) in [6.45, 7) is 2.32. The molecule has 0 saturated carbocycles. The van der Waals surface area contributed by atoms with Crippen molar-refractivity contribution in [2.75, 3.05) is 6.54 Å². The van der Waals surface area contributed by atoms with E-state index in [0.717, 1.165) is 17.7 Å². The number of rotatable bonds is 3. The van der Waals surface area contributed by atoms with Gasteiger partial charge in [-0.15, -0.1) is 0 Å². The summed E-state index contributed by atoms with van der Waals surface area (Å²) in [5.74, 6) is 0.481. The Hall–Kier alpha value is -1.68. The van der Waals surface area contributed by atoms with Gasteiger partial charge in [0.2, 0.25) is 0 Å². The number of imidazole rings is 1. The second-order valence-corrected chi connectivity index (χ2v) is 3.71. The van der Waals surface area contributed by atoms with Crippen LogP contribution in [0.3, 0.4) is 0 Å². The van der Waals surface area contributed by atoms with E-state index in [0.29, 0.717) is 17.9 Å². The number of nitrogens with one attached hydrogen (secondary N) is 1. The smallest absolute Gasteiger partial charge is 0.137 e. The van der Waals surface area contributed by atoms with Gasteiger partial charge in [0.1, 0.15) is 11.6 Å². The molecule has 0 aliphatic carbocycles. The second-order valence-electron chi connectivity index (χ2n) is 3.71. The van der Waals surface area contributed by atoms with E-state index < -0.39 is 0 Å². The lowest BCUT2D eigenvalue weighted by Crippen LogP contribution is -2.02. The summed E-state index contributed by atoms with van der Waals surface area (Å²) >= 11 is 0. The lowest BCUT2D eigenvalue weighted by molar-refractivity contribution is 0.619. The minimum Gasteiger partial charge on any atom is -0.342 e. The molecule has 0 amide bonds. The highest BCUT2D eigenvalue weighted by Gasteiger charge is 2.08. The zero-order valence-corrected chi connectivity index (χ0v) is 9.13. The average molecular weight is 219 g/mol. The zero-order valence-electron chi connectivity index (χ0n) is 9.13. The summed E-state index contributed by atoms with van der Waals surface area (Å²) in [5.41, 5.74) is 7.83. The number of hydrogen-bond donors (Lipinski definition) is 2. The Morgan fingerprint density at radius 2 is 2.25 bits per heavy atom. The van der Waals surface area contributed by atoms with E-state index in [2.05, 4.69) is 9.97 Å². The van der Waals surface area contributed by atoms with E-state index in [1.165, 1.54) is 6.07 Å². The van der Waals surface area contributed by atoms with Gasteiger partial charge in [-0.1, -0.05) is 12.1 Å². The summed E-state index contributed by atoms with van der Waals surface area (Å²) in [5, 5.41) is 0. The molecule has 0 bridgehead atoms. The highest BCUT2D eigenvalue weighted by atomic mass is 19.1. The van der Waals surface area contributed by atoms with Gasteiger partial charge in [-0.2, -0.15) is 0 Å².